The predicted octanol–water partition coefficient (Wildman–Crippen LogP) is 2.63. The number of aromatic nitrogens is 1. The summed E-state index contributed by atoms with van der Waals surface area (Å²) in [5, 5.41) is 0. The summed E-state index contributed by atoms with van der Waals surface area (Å²) in [6.45, 7) is 2.87. The number of ether oxygens (including phenoxy) is 2. The van der Waals surface area contributed by atoms with Crippen molar-refractivity contribution in [3.63, 3.8) is 0 Å². The van der Waals surface area contributed by atoms with Crippen LogP contribution in [0.4, 0.5) is 0 Å². The number of benzene rings is 1. The third-order valence-electron chi connectivity index (χ3n) is 3.46. The van der Waals surface area contributed by atoms with Crippen LogP contribution in [0.25, 0.3) is 11.1 Å². The normalized spacial score (nSPS) is 11.1. The molecule has 1 heterocycles. The van der Waals surface area contributed by atoms with E-state index in [9.17, 15) is 0 Å². The van der Waals surface area contributed by atoms with Gasteiger partial charge in [0, 0.05) is 25.2 Å². The highest BCUT2D eigenvalue weighted by molar-refractivity contribution is 5.65. The Labute approximate surface area is 144 Å². The molecule has 0 N–H and O–H groups in total. The van der Waals surface area contributed by atoms with Crippen molar-refractivity contribution in [2.45, 2.75) is 0 Å². The Morgan fingerprint density at radius 1 is 0.750 bits per heavy atom. The van der Waals surface area contributed by atoms with E-state index in [-0.39, 0.29) is 0 Å². The summed E-state index contributed by atoms with van der Waals surface area (Å²) in [6, 6.07) is 14.1. The molecule has 2 rings (SSSR count). The largest absolute Gasteiger partial charge is 0.476 e. The van der Waals surface area contributed by atoms with Gasteiger partial charge in [0.05, 0.1) is 0 Å². The minimum Gasteiger partial charge on any atom is -0.476 e. The van der Waals surface area contributed by atoms with Crippen molar-refractivity contribution in [1.82, 2.24) is 14.8 Å². The first kappa shape index (κ1) is 18.2. The van der Waals surface area contributed by atoms with Crippen LogP contribution in [0.15, 0.2) is 42.5 Å². The smallest absolute Gasteiger partial charge is 0.217 e. The summed E-state index contributed by atoms with van der Waals surface area (Å²) in [7, 11) is 8.08. The molecule has 24 heavy (non-hydrogen) atoms. The second kappa shape index (κ2) is 9.25. The van der Waals surface area contributed by atoms with Gasteiger partial charge in [-0.25, -0.2) is 0 Å². The molecule has 5 nitrogen and oxygen atoms in total. The van der Waals surface area contributed by atoms with Crippen LogP contribution in [0.2, 0.25) is 0 Å². The van der Waals surface area contributed by atoms with Gasteiger partial charge in [-0.15, -0.1) is 0 Å². The fourth-order valence-electron chi connectivity index (χ4n) is 2.09. The Kier molecular flexibility index (Phi) is 7.03. The van der Waals surface area contributed by atoms with Gasteiger partial charge in [-0.3, -0.25) is 0 Å². The van der Waals surface area contributed by atoms with E-state index in [0.29, 0.717) is 25.0 Å². The molecule has 1 aromatic heterocycles. The highest BCUT2D eigenvalue weighted by atomic mass is 16.5. The number of nitrogens with zero attached hydrogens (tertiary/aromatic N) is 3. The Bertz CT molecular complexity index is 583. The van der Waals surface area contributed by atoms with Crippen molar-refractivity contribution < 1.29 is 9.47 Å². The molecule has 1 aromatic carbocycles. The first-order chi connectivity index (χ1) is 11.5. The van der Waals surface area contributed by atoms with Crippen molar-refractivity contribution in [1.29, 1.82) is 0 Å². The van der Waals surface area contributed by atoms with Gasteiger partial charge >= 0.3 is 0 Å². The van der Waals surface area contributed by atoms with Crippen LogP contribution < -0.4 is 9.47 Å². The third-order valence-corrected chi connectivity index (χ3v) is 3.46. The minimum atomic E-state index is 0.593. The zero-order valence-electron chi connectivity index (χ0n) is 15.0. The van der Waals surface area contributed by atoms with Crippen molar-refractivity contribution in [2.75, 3.05) is 54.5 Å². The van der Waals surface area contributed by atoms with Gasteiger partial charge in [-0.2, -0.15) is 4.98 Å². The van der Waals surface area contributed by atoms with E-state index in [2.05, 4.69) is 26.9 Å². The number of hydrogen-bond donors (Lipinski definition) is 0. The Balaban J connectivity index is 2.16. The quantitative estimate of drug-likeness (QED) is 0.707. The van der Waals surface area contributed by atoms with Gasteiger partial charge < -0.3 is 19.3 Å². The summed E-state index contributed by atoms with van der Waals surface area (Å²) in [6.07, 6.45) is 0. The molecular weight excluding hydrogens is 302 g/mol. The van der Waals surface area contributed by atoms with E-state index in [1.54, 1.807) is 0 Å². The fraction of sp³-hybridized carbons (Fsp3) is 0.421. The molecule has 0 aliphatic carbocycles. The lowest BCUT2D eigenvalue weighted by Crippen LogP contribution is -2.20. The van der Waals surface area contributed by atoms with Gasteiger partial charge in [0.2, 0.25) is 11.8 Å². The Morgan fingerprint density at radius 2 is 1.25 bits per heavy atom. The molecule has 0 saturated carbocycles. The van der Waals surface area contributed by atoms with Gasteiger partial charge in [-0.1, -0.05) is 30.3 Å². The van der Waals surface area contributed by atoms with Crippen LogP contribution in [0, 0.1) is 0 Å². The maximum absolute atomic E-state index is 5.80. The summed E-state index contributed by atoms with van der Waals surface area (Å²) in [5.74, 6) is 1.19. The van der Waals surface area contributed by atoms with Crippen LogP contribution in [-0.2, 0) is 0 Å². The molecule has 0 aliphatic heterocycles. The highest BCUT2D eigenvalue weighted by Crippen LogP contribution is 2.26. The highest BCUT2D eigenvalue weighted by Gasteiger charge is 2.07. The summed E-state index contributed by atoms with van der Waals surface area (Å²) in [4.78, 5) is 8.63. The number of pyridine rings is 1. The van der Waals surface area contributed by atoms with Gasteiger partial charge in [0.25, 0.3) is 0 Å². The van der Waals surface area contributed by atoms with E-state index < -0.39 is 0 Å². The molecule has 0 amide bonds. The molecule has 0 radical (unpaired) electrons. The van der Waals surface area contributed by atoms with Gasteiger partial charge in [0.15, 0.2) is 0 Å². The van der Waals surface area contributed by atoms with Crippen molar-refractivity contribution in [3.8, 4) is 22.9 Å². The molecule has 0 atom stereocenters. The van der Waals surface area contributed by atoms with Crippen LogP contribution in [0.3, 0.4) is 0 Å². The van der Waals surface area contributed by atoms with Crippen molar-refractivity contribution in [2.24, 2.45) is 0 Å². The first-order valence-corrected chi connectivity index (χ1v) is 8.17. The molecule has 0 spiro atoms. The maximum Gasteiger partial charge on any atom is 0.217 e. The predicted molar refractivity (Wildman–Crippen MR) is 97.8 cm³/mol. The SMILES string of the molecule is CN(C)CCOc1cc(-c2ccccc2)cc(OCCN(C)C)n1. The van der Waals surface area contributed by atoms with Crippen LogP contribution >= 0.6 is 0 Å². The van der Waals surface area contributed by atoms with E-state index in [0.717, 1.165) is 24.2 Å². The lowest BCUT2D eigenvalue weighted by molar-refractivity contribution is 0.236. The Morgan fingerprint density at radius 3 is 1.71 bits per heavy atom. The van der Waals surface area contributed by atoms with Crippen molar-refractivity contribution >= 4 is 0 Å². The maximum atomic E-state index is 5.80. The van der Waals surface area contributed by atoms with E-state index in [1.807, 2.05) is 58.5 Å². The number of likely N-dealkylation sites (N-methyl/N-ethyl adjacent to an activating group) is 2. The molecule has 2 aromatic rings. The third kappa shape index (κ3) is 6.18. The average Bonchev–Trinajstić information content (AvgIpc) is 2.55. The molecule has 0 saturated heterocycles. The minimum absolute atomic E-state index is 0.593. The van der Waals surface area contributed by atoms with Gasteiger partial charge in [-0.05, 0) is 39.3 Å². The number of hydrogen-bond acceptors (Lipinski definition) is 5. The monoisotopic (exact) mass is 329 g/mol. The second-order valence-corrected chi connectivity index (χ2v) is 6.20. The number of rotatable bonds is 9. The Hall–Kier alpha value is -2.11. The van der Waals surface area contributed by atoms with Crippen LogP contribution in [0.1, 0.15) is 0 Å². The average molecular weight is 329 g/mol. The topological polar surface area (TPSA) is 37.8 Å². The summed E-state index contributed by atoms with van der Waals surface area (Å²) >= 11 is 0. The van der Waals surface area contributed by atoms with Gasteiger partial charge in [0.1, 0.15) is 13.2 Å². The van der Waals surface area contributed by atoms with Crippen LogP contribution in [0.5, 0.6) is 11.8 Å². The zero-order chi connectivity index (χ0) is 17.4. The molecule has 0 bridgehead atoms. The fourth-order valence-corrected chi connectivity index (χ4v) is 2.09. The molecule has 5 heteroatoms. The standard InChI is InChI=1S/C19H27N3O2/c1-21(2)10-12-23-18-14-17(16-8-6-5-7-9-16)15-19(20-18)24-13-11-22(3)4/h5-9,14-15H,10-13H2,1-4H3. The lowest BCUT2D eigenvalue weighted by Gasteiger charge is -2.14. The van der Waals surface area contributed by atoms with Crippen LogP contribution in [-0.4, -0.2) is 69.3 Å². The van der Waals surface area contributed by atoms with E-state index >= 15 is 0 Å². The zero-order valence-corrected chi connectivity index (χ0v) is 15.0. The molecule has 130 valence electrons. The molecule has 0 unspecified atom stereocenters. The summed E-state index contributed by atoms with van der Waals surface area (Å²) < 4.78 is 11.6. The molecule has 0 aliphatic rings. The summed E-state index contributed by atoms with van der Waals surface area (Å²) in [5.41, 5.74) is 2.17. The molecule has 0 fully saturated rings. The van der Waals surface area contributed by atoms with E-state index in [4.69, 9.17) is 9.47 Å². The lowest BCUT2D eigenvalue weighted by atomic mass is 10.1. The molecular formula is C19H27N3O2. The van der Waals surface area contributed by atoms with E-state index in [1.165, 1.54) is 0 Å². The first-order valence-electron chi connectivity index (χ1n) is 8.17. The second-order valence-electron chi connectivity index (χ2n) is 6.20. The van der Waals surface area contributed by atoms with Crippen molar-refractivity contribution in [3.05, 3.63) is 42.5 Å².